The highest BCUT2D eigenvalue weighted by Crippen LogP contribution is 2.32. The summed E-state index contributed by atoms with van der Waals surface area (Å²) in [5.41, 5.74) is 1.08. The molecule has 3 aromatic rings. The van der Waals surface area contributed by atoms with E-state index >= 15 is 0 Å². The number of aromatic nitrogens is 2. The van der Waals surface area contributed by atoms with Gasteiger partial charge in [-0.1, -0.05) is 63.7 Å². The Morgan fingerprint density at radius 2 is 1.78 bits per heavy atom. The molecule has 0 spiro atoms. The van der Waals surface area contributed by atoms with Crippen LogP contribution in [0.15, 0.2) is 40.9 Å². The number of benzene rings is 2. The van der Waals surface area contributed by atoms with Gasteiger partial charge in [0, 0.05) is 5.56 Å². The smallest absolute Gasteiger partial charge is 0.236 e. The van der Waals surface area contributed by atoms with Gasteiger partial charge in [-0.15, -0.1) is 11.8 Å². The molecule has 5 nitrogen and oxygen atoms in total. The van der Waals surface area contributed by atoms with Crippen LogP contribution in [-0.2, 0) is 10.5 Å². The summed E-state index contributed by atoms with van der Waals surface area (Å²) in [5.74, 6) is 1.10. The molecule has 0 aliphatic rings. The monoisotopic (exact) mass is 461 g/mol. The SMILES string of the molecule is O=C(CSCc1nc(-c2ccccc2Cl)no1)Nc1cc(Cl)c(Cl)cc1Cl. The lowest BCUT2D eigenvalue weighted by atomic mass is 10.2. The fourth-order valence-corrected chi connectivity index (χ4v) is 3.57. The Hall–Kier alpha value is -1.44. The van der Waals surface area contributed by atoms with Crippen LogP contribution in [0.2, 0.25) is 20.1 Å². The number of hydrogen-bond acceptors (Lipinski definition) is 5. The van der Waals surface area contributed by atoms with Crippen LogP contribution in [-0.4, -0.2) is 21.8 Å². The van der Waals surface area contributed by atoms with E-state index in [2.05, 4.69) is 15.5 Å². The summed E-state index contributed by atoms with van der Waals surface area (Å²) in [6, 6.07) is 10.2. The number of halogens is 4. The average molecular weight is 463 g/mol. The van der Waals surface area contributed by atoms with Crippen molar-refractivity contribution in [2.45, 2.75) is 5.75 Å². The van der Waals surface area contributed by atoms with Gasteiger partial charge >= 0.3 is 0 Å². The zero-order valence-electron chi connectivity index (χ0n) is 13.5. The molecule has 1 aromatic heterocycles. The Labute approximate surface area is 179 Å². The Balaban J connectivity index is 1.54. The van der Waals surface area contributed by atoms with Crippen molar-refractivity contribution in [3.05, 3.63) is 62.4 Å². The Morgan fingerprint density at radius 3 is 2.56 bits per heavy atom. The molecule has 2 aromatic carbocycles. The molecule has 0 aliphatic carbocycles. The lowest BCUT2D eigenvalue weighted by Gasteiger charge is -2.08. The van der Waals surface area contributed by atoms with Gasteiger partial charge in [-0.05, 0) is 24.3 Å². The molecule has 140 valence electrons. The van der Waals surface area contributed by atoms with E-state index in [-0.39, 0.29) is 11.7 Å². The predicted molar refractivity (Wildman–Crippen MR) is 111 cm³/mol. The summed E-state index contributed by atoms with van der Waals surface area (Å²) in [4.78, 5) is 16.4. The van der Waals surface area contributed by atoms with Crippen LogP contribution < -0.4 is 5.32 Å². The molecule has 1 N–H and O–H groups in total. The van der Waals surface area contributed by atoms with Gasteiger partial charge in [0.1, 0.15) is 0 Å². The van der Waals surface area contributed by atoms with E-state index in [1.54, 1.807) is 12.1 Å². The van der Waals surface area contributed by atoms with Crippen LogP contribution in [0.25, 0.3) is 11.4 Å². The third-order valence-electron chi connectivity index (χ3n) is 3.33. The van der Waals surface area contributed by atoms with Crippen LogP contribution in [0, 0.1) is 0 Å². The lowest BCUT2D eigenvalue weighted by Crippen LogP contribution is -2.14. The third kappa shape index (κ3) is 5.30. The predicted octanol–water partition coefficient (Wildman–Crippen LogP) is 6.22. The van der Waals surface area contributed by atoms with E-state index in [0.717, 1.165) is 0 Å². The number of carbonyl (C=O) groups excluding carboxylic acids is 1. The van der Waals surface area contributed by atoms with Crippen LogP contribution in [0.3, 0.4) is 0 Å². The second-order valence-corrected chi connectivity index (χ2v) is 7.89. The van der Waals surface area contributed by atoms with Gasteiger partial charge < -0.3 is 9.84 Å². The zero-order chi connectivity index (χ0) is 19.4. The van der Waals surface area contributed by atoms with Gasteiger partial charge in [-0.2, -0.15) is 4.98 Å². The van der Waals surface area contributed by atoms with Crippen molar-refractivity contribution in [1.29, 1.82) is 0 Å². The van der Waals surface area contributed by atoms with E-state index in [1.807, 2.05) is 12.1 Å². The summed E-state index contributed by atoms with van der Waals surface area (Å²) >= 11 is 25.3. The number of rotatable bonds is 6. The van der Waals surface area contributed by atoms with Gasteiger partial charge in [0.2, 0.25) is 17.6 Å². The molecule has 0 saturated heterocycles. The first kappa shape index (κ1) is 20.3. The van der Waals surface area contributed by atoms with E-state index in [1.165, 1.54) is 23.9 Å². The van der Waals surface area contributed by atoms with E-state index < -0.39 is 0 Å². The fraction of sp³-hybridized carbons (Fsp3) is 0.118. The first-order valence-electron chi connectivity index (χ1n) is 7.53. The van der Waals surface area contributed by atoms with Gasteiger partial charge in [0.25, 0.3) is 0 Å². The maximum atomic E-state index is 12.1. The minimum atomic E-state index is -0.244. The topological polar surface area (TPSA) is 68.0 Å². The molecule has 3 rings (SSSR count). The van der Waals surface area contributed by atoms with E-state index in [9.17, 15) is 4.79 Å². The highest BCUT2D eigenvalue weighted by atomic mass is 35.5. The minimum Gasteiger partial charge on any atom is -0.338 e. The first-order valence-corrected chi connectivity index (χ1v) is 10.2. The van der Waals surface area contributed by atoms with Gasteiger partial charge in [-0.25, -0.2) is 0 Å². The molecule has 0 radical (unpaired) electrons. The number of thioether (sulfide) groups is 1. The molecule has 0 saturated carbocycles. The number of hydrogen-bond donors (Lipinski definition) is 1. The van der Waals surface area contributed by atoms with Crippen LogP contribution in [0.1, 0.15) is 5.89 Å². The normalized spacial score (nSPS) is 10.8. The van der Waals surface area contributed by atoms with Crippen molar-refractivity contribution in [1.82, 2.24) is 10.1 Å². The molecule has 10 heteroatoms. The summed E-state index contributed by atoms with van der Waals surface area (Å²) < 4.78 is 5.20. The lowest BCUT2D eigenvalue weighted by molar-refractivity contribution is -0.113. The van der Waals surface area contributed by atoms with Crippen LogP contribution in [0.5, 0.6) is 0 Å². The van der Waals surface area contributed by atoms with Gasteiger partial charge in [0.05, 0.1) is 37.3 Å². The quantitative estimate of drug-likeness (QED) is 0.440. The highest BCUT2D eigenvalue weighted by molar-refractivity contribution is 7.99. The fourth-order valence-electron chi connectivity index (χ4n) is 2.10. The second kappa shape index (κ2) is 9.17. The van der Waals surface area contributed by atoms with Gasteiger partial charge in [-0.3, -0.25) is 4.79 Å². The summed E-state index contributed by atoms with van der Waals surface area (Å²) in [5, 5.41) is 8.07. The Morgan fingerprint density at radius 1 is 1.04 bits per heavy atom. The number of nitrogens with zero attached hydrogens (tertiary/aromatic N) is 2. The van der Waals surface area contributed by atoms with E-state index in [0.29, 0.717) is 48.8 Å². The second-order valence-electron chi connectivity index (χ2n) is 5.28. The molecule has 1 amide bonds. The molecule has 0 unspecified atom stereocenters. The largest absolute Gasteiger partial charge is 0.338 e. The minimum absolute atomic E-state index is 0.167. The van der Waals surface area contributed by atoms with Crippen molar-refractivity contribution >= 4 is 69.8 Å². The molecule has 27 heavy (non-hydrogen) atoms. The molecule has 1 heterocycles. The summed E-state index contributed by atoms with van der Waals surface area (Å²) in [6.07, 6.45) is 0. The van der Waals surface area contributed by atoms with Crippen molar-refractivity contribution in [2.24, 2.45) is 0 Å². The number of anilines is 1. The first-order chi connectivity index (χ1) is 12.9. The number of nitrogens with one attached hydrogen (secondary N) is 1. The third-order valence-corrected chi connectivity index (χ3v) is 5.61. The van der Waals surface area contributed by atoms with Crippen LogP contribution >= 0.6 is 58.2 Å². The number of carbonyl (C=O) groups is 1. The van der Waals surface area contributed by atoms with Crippen LogP contribution in [0.4, 0.5) is 5.69 Å². The molecule has 0 aliphatic heterocycles. The molecular formula is C17H11Cl4N3O2S. The standard InChI is InChI=1S/C17H11Cl4N3O2S/c18-10-4-2-1-3-9(10)17-23-16(26-24-17)8-27-7-15(25)22-14-6-12(20)11(19)5-13(14)21/h1-6H,7-8H2,(H,22,25). The van der Waals surface area contributed by atoms with Crippen molar-refractivity contribution in [3.8, 4) is 11.4 Å². The maximum Gasteiger partial charge on any atom is 0.236 e. The molecule has 0 bridgehead atoms. The highest BCUT2D eigenvalue weighted by Gasteiger charge is 2.13. The molecular weight excluding hydrogens is 452 g/mol. The van der Waals surface area contributed by atoms with E-state index in [4.69, 9.17) is 50.9 Å². The molecule has 0 atom stereocenters. The maximum absolute atomic E-state index is 12.1. The molecule has 0 fully saturated rings. The summed E-state index contributed by atoms with van der Waals surface area (Å²) in [6.45, 7) is 0. The Bertz CT molecular complexity index is 981. The number of amides is 1. The Kier molecular flexibility index (Phi) is 6.89. The van der Waals surface area contributed by atoms with Crippen molar-refractivity contribution < 1.29 is 9.32 Å². The average Bonchev–Trinajstić information content (AvgIpc) is 3.08. The van der Waals surface area contributed by atoms with Crippen molar-refractivity contribution in [2.75, 3.05) is 11.1 Å². The summed E-state index contributed by atoms with van der Waals surface area (Å²) in [7, 11) is 0. The zero-order valence-corrected chi connectivity index (χ0v) is 17.3. The van der Waals surface area contributed by atoms with Crippen molar-refractivity contribution in [3.63, 3.8) is 0 Å². The van der Waals surface area contributed by atoms with Gasteiger partial charge in [0.15, 0.2) is 0 Å².